The third-order valence-corrected chi connectivity index (χ3v) is 1.65. The molecule has 0 fully saturated rings. The Kier molecular flexibility index (Phi) is 8.61. The molecule has 0 aromatic rings. The van der Waals surface area contributed by atoms with E-state index in [9.17, 15) is 14.4 Å². The number of carbonyl (C=O) groups excluding carboxylic acids is 2. The fourth-order valence-corrected chi connectivity index (χ4v) is 0.854. The molecule has 0 saturated heterocycles. The maximum atomic E-state index is 11.1. The van der Waals surface area contributed by atoms with Crippen LogP contribution >= 0.6 is 0 Å². The molecule has 0 atom stereocenters. The van der Waals surface area contributed by atoms with Crippen LogP contribution in [0, 0.1) is 0 Å². The Labute approximate surface area is 98.7 Å². The number of nitrogens with one attached hydrogen (secondary N) is 3. The smallest absolute Gasteiger partial charge is 0.322 e. The highest BCUT2D eigenvalue weighted by atomic mass is 16.5. The zero-order valence-corrected chi connectivity index (χ0v) is 9.62. The topological polar surface area (TPSA) is 117 Å². The Morgan fingerprint density at radius 3 is 2.24 bits per heavy atom. The minimum Gasteiger partial charge on any atom is -0.480 e. The van der Waals surface area contributed by atoms with Gasteiger partial charge in [-0.2, -0.15) is 0 Å². The molecule has 2 amide bonds. The number of hydrogen-bond donors (Lipinski definition) is 4. The second kappa shape index (κ2) is 9.55. The van der Waals surface area contributed by atoms with Gasteiger partial charge in [0.15, 0.2) is 0 Å². The normalized spacial score (nSPS) is 9.71. The first-order valence-corrected chi connectivity index (χ1v) is 5.01. The summed E-state index contributed by atoms with van der Waals surface area (Å²) in [5, 5.41) is 15.5. The molecule has 0 aromatic carbocycles. The molecule has 8 nitrogen and oxygen atoms in total. The number of amides is 2. The van der Waals surface area contributed by atoms with Gasteiger partial charge in [-0.05, 0) is 0 Å². The fourth-order valence-electron chi connectivity index (χ4n) is 0.854. The molecule has 0 aromatic heterocycles. The lowest BCUT2D eigenvalue weighted by Crippen LogP contribution is -2.42. The van der Waals surface area contributed by atoms with Crippen LogP contribution in [-0.2, 0) is 19.1 Å². The second-order valence-electron chi connectivity index (χ2n) is 3.12. The average Bonchev–Trinajstić information content (AvgIpc) is 2.29. The summed E-state index contributed by atoms with van der Waals surface area (Å²) < 4.78 is 4.76. The van der Waals surface area contributed by atoms with Crippen molar-refractivity contribution < 1.29 is 24.2 Å². The summed E-state index contributed by atoms with van der Waals surface area (Å²) in [7, 11) is 1.55. The Morgan fingerprint density at radius 2 is 1.65 bits per heavy atom. The molecule has 0 aliphatic carbocycles. The van der Waals surface area contributed by atoms with E-state index in [0.717, 1.165) is 0 Å². The number of carbonyl (C=O) groups is 3. The Bertz CT molecular complexity index is 269. The van der Waals surface area contributed by atoms with Crippen LogP contribution in [0.1, 0.15) is 0 Å². The first-order chi connectivity index (χ1) is 8.06. The van der Waals surface area contributed by atoms with Crippen molar-refractivity contribution in [3.05, 3.63) is 0 Å². The summed E-state index contributed by atoms with van der Waals surface area (Å²) in [5.74, 6) is -2.02. The lowest BCUT2D eigenvalue weighted by molar-refractivity contribution is -0.137. The standard InChI is InChI=1S/C9H17N3O5/c1-17-3-2-10-4-7(13)11-5-8(14)12-6-9(15)16/h10H,2-6H2,1H3,(H,11,13)(H,12,14)(H,15,16). The summed E-state index contributed by atoms with van der Waals surface area (Å²) in [4.78, 5) is 32.3. The Morgan fingerprint density at radius 1 is 1.06 bits per heavy atom. The van der Waals surface area contributed by atoms with Gasteiger partial charge in [0.1, 0.15) is 6.54 Å². The molecule has 8 heteroatoms. The van der Waals surface area contributed by atoms with Crippen LogP contribution in [0.15, 0.2) is 0 Å². The number of aliphatic carboxylic acids is 1. The molecule has 0 aliphatic heterocycles. The van der Waals surface area contributed by atoms with Gasteiger partial charge >= 0.3 is 5.97 Å². The molecule has 0 heterocycles. The third-order valence-electron chi connectivity index (χ3n) is 1.65. The third kappa shape index (κ3) is 10.6. The SMILES string of the molecule is COCCNCC(=O)NCC(=O)NCC(=O)O. The van der Waals surface area contributed by atoms with Crippen molar-refractivity contribution in [3.63, 3.8) is 0 Å². The number of hydrogen-bond acceptors (Lipinski definition) is 5. The van der Waals surface area contributed by atoms with Crippen LogP contribution in [0.5, 0.6) is 0 Å². The lowest BCUT2D eigenvalue weighted by atomic mass is 10.5. The number of methoxy groups -OCH3 is 1. The first kappa shape index (κ1) is 15.3. The van der Waals surface area contributed by atoms with Gasteiger partial charge in [0.05, 0.1) is 19.7 Å². The van der Waals surface area contributed by atoms with Gasteiger partial charge in [-0.3, -0.25) is 14.4 Å². The van der Waals surface area contributed by atoms with E-state index in [2.05, 4.69) is 16.0 Å². The average molecular weight is 247 g/mol. The van der Waals surface area contributed by atoms with E-state index in [1.807, 2.05) is 0 Å². The van der Waals surface area contributed by atoms with Crippen molar-refractivity contribution in [1.29, 1.82) is 0 Å². The van der Waals surface area contributed by atoms with Crippen molar-refractivity contribution in [3.8, 4) is 0 Å². The molecule has 0 bridgehead atoms. The lowest BCUT2D eigenvalue weighted by Gasteiger charge is -2.06. The molecule has 0 unspecified atom stereocenters. The minimum absolute atomic E-state index is 0.0789. The van der Waals surface area contributed by atoms with Crippen molar-refractivity contribution in [1.82, 2.24) is 16.0 Å². The predicted molar refractivity (Wildman–Crippen MR) is 58.4 cm³/mol. The number of carboxylic acid groups (broad SMARTS) is 1. The van der Waals surface area contributed by atoms with Crippen LogP contribution in [0.3, 0.4) is 0 Å². The molecule has 0 aliphatic rings. The van der Waals surface area contributed by atoms with Crippen LogP contribution in [0.25, 0.3) is 0 Å². The van der Waals surface area contributed by atoms with Crippen LogP contribution in [0.4, 0.5) is 0 Å². The van der Waals surface area contributed by atoms with Crippen LogP contribution in [-0.4, -0.2) is 62.8 Å². The van der Waals surface area contributed by atoms with E-state index in [1.165, 1.54) is 0 Å². The number of carboxylic acids is 1. The maximum Gasteiger partial charge on any atom is 0.322 e. The van der Waals surface area contributed by atoms with Gasteiger partial charge in [-0.15, -0.1) is 0 Å². The highest BCUT2D eigenvalue weighted by molar-refractivity contribution is 5.87. The molecule has 4 N–H and O–H groups in total. The fraction of sp³-hybridized carbons (Fsp3) is 0.667. The van der Waals surface area contributed by atoms with Gasteiger partial charge < -0.3 is 25.8 Å². The van der Waals surface area contributed by atoms with E-state index in [4.69, 9.17) is 9.84 Å². The number of ether oxygens (including phenoxy) is 1. The van der Waals surface area contributed by atoms with Gasteiger partial charge in [0.2, 0.25) is 11.8 Å². The second-order valence-corrected chi connectivity index (χ2v) is 3.12. The highest BCUT2D eigenvalue weighted by Gasteiger charge is 2.06. The van der Waals surface area contributed by atoms with Crippen molar-refractivity contribution >= 4 is 17.8 Å². The zero-order chi connectivity index (χ0) is 13.1. The molecule has 0 spiro atoms. The van der Waals surface area contributed by atoms with E-state index >= 15 is 0 Å². The first-order valence-electron chi connectivity index (χ1n) is 5.01. The molecular weight excluding hydrogens is 230 g/mol. The van der Waals surface area contributed by atoms with Gasteiger partial charge in [0, 0.05) is 13.7 Å². The van der Waals surface area contributed by atoms with Crippen LogP contribution in [0.2, 0.25) is 0 Å². The van der Waals surface area contributed by atoms with Gasteiger partial charge in [-0.1, -0.05) is 0 Å². The van der Waals surface area contributed by atoms with E-state index < -0.39 is 18.4 Å². The summed E-state index contributed by atoms with van der Waals surface area (Å²) in [5.41, 5.74) is 0. The summed E-state index contributed by atoms with van der Waals surface area (Å²) in [6.45, 7) is 0.413. The van der Waals surface area contributed by atoms with Gasteiger partial charge in [-0.25, -0.2) is 0 Å². The monoisotopic (exact) mass is 247 g/mol. The van der Waals surface area contributed by atoms with Gasteiger partial charge in [0.25, 0.3) is 0 Å². The van der Waals surface area contributed by atoms with E-state index in [-0.39, 0.29) is 19.0 Å². The van der Waals surface area contributed by atoms with Crippen LogP contribution < -0.4 is 16.0 Å². The van der Waals surface area contributed by atoms with Crippen molar-refractivity contribution in [2.24, 2.45) is 0 Å². The summed E-state index contributed by atoms with van der Waals surface area (Å²) in [6.07, 6.45) is 0. The quantitative estimate of drug-likeness (QED) is 0.336. The predicted octanol–water partition coefficient (Wildman–Crippen LogP) is -2.46. The maximum absolute atomic E-state index is 11.1. The molecule has 17 heavy (non-hydrogen) atoms. The van der Waals surface area contributed by atoms with Crippen molar-refractivity contribution in [2.45, 2.75) is 0 Å². The zero-order valence-electron chi connectivity index (χ0n) is 9.62. The molecule has 98 valence electrons. The highest BCUT2D eigenvalue weighted by Crippen LogP contribution is 1.69. The molecule has 0 saturated carbocycles. The molecule has 0 radical (unpaired) electrons. The Balaban J connectivity index is 3.49. The largest absolute Gasteiger partial charge is 0.480 e. The molecular formula is C9H17N3O5. The summed E-state index contributed by atoms with van der Waals surface area (Å²) in [6, 6.07) is 0. The summed E-state index contributed by atoms with van der Waals surface area (Å²) >= 11 is 0. The molecule has 0 rings (SSSR count). The van der Waals surface area contributed by atoms with Crippen molar-refractivity contribution in [2.75, 3.05) is 39.9 Å². The minimum atomic E-state index is -1.13. The Hall–Kier alpha value is -1.67. The van der Waals surface area contributed by atoms with E-state index in [0.29, 0.717) is 13.2 Å². The number of rotatable bonds is 9. The van der Waals surface area contributed by atoms with E-state index in [1.54, 1.807) is 7.11 Å².